The summed E-state index contributed by atoms with van der Waals surface area (Å²) in [5.74, 6) is 0. The number of anilines is 1. The number of aliphatic hydroxyl groups excluding tert-OH is 1. The molecule has 2 unspecified atom stereocenters. The number of pyridine rings is 1. The highest BCUT2D eigenvalue weighted by Gasteiger charge is 2.21. The Hall–Kier alpha value is -0.800. The minimum atomic E-state index is -0.255. The van der Waals surface area contributed by atoms with Gasteiger partial charge in [0.25, 0.3) is 0 Å². The van der Waals surface area contributed by atoms with Gasteiger partial charge in [-0.25, -0.2) is 4.98 Å². The summed E-state index contributed by atoms with van der Waals surface area (Å²) in [6.07, 6.45) is 6.83. The number of hydrogen-bond donors (Lipinski definition) is 2. The second kappa shape index (κ2) is 5.51. The predicted octanol–water partition coefficient (Wildman–Crippen LogP) is 2.84. The fraction of sp³-hybridized carbons (Fsp3) is 0.583. The van der Waals surface area contributed by atoms with Crippen LogP contribution in [0.3, 0.4) is 0 Å². The van der Waals surface area contributed by atoms with Gasteiger partial charge in [-0.1, -0.05) is 30.9 Å². The monoisotopic (exact) mass is 240 g/mol. The van der Waals surface area contributed by atoms with Crippen molar-refractivity contribution in [2.75, 3.05) is 5.32 Å². The summed E-state index contributed by atoms with van der Waals surface area (Å²) >= 11 is 5.82. The maximum absolute atomic E-state index is 9.97. The van der Waals surface area contributed by atoms with E-state index in [0.717, 1.165) is 24.9 Å². The van der Waals surface area contributed by atoms with E-state index in [2.05, 4.69) is 10.3 Å². The van der Waals surface area contributed by atoms with E-state index in [1.165, 1.54) is 12.8 Å². The van der Waals surface area contributed by atoms with Crippen LogP contribution in [0.25, 0.3) is 0 Å². The van der Waals surface area contributed by atoms with Crippen LogP contribution >= 0.6 is 11.6 Å². The summed E-state index contributed by atoms with van der Waals surface area (Å²) in [6.45, 7) is 0. The number of hydrogen-bond acceptors (Lipinski definition) is 3. The third-order valence-electron chi connectivity index (χ3n) is 3.06. The van der Waals surface area contributed by atoms with Crippen LogP contribution in [0.1, 0.15) is 32.1 Å². The van der Waals surface area contributed by atoms with Crippen molar-refractivity contribution in [1.29, 1.82) is 0 Å². The summed E-state index contributed by atoms with van der Waals surface area (Å²) < 4.78 is 0. The summed E-state index contributed by atoms with van der Waals surface area (Å²) in [4.78, 5) is 3.93. The van der Waals surface area contributed by atoms with E-state index in [1.807, 2.05) is 6.07 Å². The molecule has 2 atom stereocenters. The number of nitrogens with zero attached hydrogens (tertiary/aromatic N) is 1. The number of rotatable bonds is 2. The average molecular weight is 241 g/mol. The molecule has 1 aliphatic carbocycles. The molecule has 1 aromatic heterocycles. The van der Waals surface area contributed by atoms with Crippen molar-refractivity contribution in [3.05, 3.63) is 23.5 Å². The van der Waals surface area contributed by atoms with Crippen molar-refractivity contribution in [3.63, 3.8) is 0 Å². The standard InChI is InChI=1S/C12H17ClN2O/c13-12-8-9(6-7-14-12)15-10-4-2-1-3-5-11(10)16/h6-8,10-11,16H,1-5H2,(H,14,15). The zero-order valence-electron chi connectivity index (χ0n) is 9.19. The SMILES string of the molecule is OC1CCCCCC1Nc1ccnc(Cl)c1. The molecule has 0 spiro atoms. The molecule has 0 radical (unpaired) electrons. The van der Waals surface area contributed by atoms with Crippen molar-refractivity contribution >= 4 is 17.3 Å². The molecule has 0 saturated heterocycles. The van der Waals surface area contributed by atoms with Crippen molar-refractivity contribution in [1.82, 2.24) is 4.98 Å². The number of aliphatic hydroxyl groups is 1. The van der Waals surface area contributed by atoms with E-state index in [4.69, 9.17) is 11.6 Å². The molecule has 0 bridgehead atoms. The van der Waals surface area contributed by atoms with Crippen LogP contribution in [0.15, 0.2) is 18.3 Å². The minimum absolute atomic E-state index is 0.140. The fourth-order valence-electron chi connectivity index (χ4n) is 2.16. The molecule has 1 aromatic rings. The number of aromatic nitrogens is 1. The van der Waals surface area contributed by atoms with Gasteiger partial charge in [-0.3, -0.25) is 0 Å². The second-order valence-electron chi connectivity index (χ2n) is 4.32. The highest BCUT2D eigenvalue weighted by atomic mass is 35.5. The predicted molar refractivity (Wildman–Crippen MR) is 65.7 cm³/mol. The van der Waals surface area contributed by atoms with Crippen LogP contribution in [0.5, 0.6) is 0 Å². The molecule has 1 heterocycles. The van der Waals surface area contributed by atoms with Crippen LogP contribution in [-0.2, 0) is 0 Å². The van der Waals surface area contributed by atoms with Gasteiger partial charge in [-0.15, -0.1) is 0 Å². The van der Waals surface area contributed by atoms with Crippen molar-refractivity contribution in [2.45, 2.75) is 44.2 Å². The molecule has 1 saturated carbocycles. The summed E-state index contributed by atoms with van der Waals surface area (Å²) in [5, 5.41) is 13.8. The zero-order valence-corrected chi connectivity index (χ0v) is 9.95. The smallest absolute Gasteiger partial charge is 0.131 e. The molecule has 0 aliphatic heterocycles. The van der Waals surface area contributed by atoms with Gasteiger partial charge in [0.2, 0.25) is 0 Å². The Kier molecular flexibility index (Phi) is 4.02. The Morgan fingerprint density at radius 1 is 1.31 bits per heavy atom. The molecule has 16 heavy (non-hydrogen) atoms. The van der Waals surface area contributed by atoms with Gasteiger partial charge in [0, 0.05) is 11.9 Å². The van der Waals surface area contributed by atoms with Crippen LogP contribution in [-0.4, -0.2) is 22.2 Å². The zero-order chi connectivity index (χ0) is 11.4. The second-order valence-corrected chi connectivity index (χ2v) is 4.71. The summed E-state index contributed by atoms with van der Waals surface area (Å²) in [6, 6.07) is 3.81. The van der Waals surface area contributed by atoms with E-state index in [0.29, 0.717) is 5.15 Å². The van der Waals surface area contributed by atoms with E-state index < -0.39 is 0 Å². The first-order chi connectivity index (χ1) is 7.75. The lowest BCUT2D eigenvalue weighted by Gasteiger charge is -2.22. The molecule has 1 aliphatic rings. The van der Waals surface area contributed by atoms with Gasteiger partial charge in [0.15, 0.2) is 0 Å². The normalized spacial score (nSPS) is 26.1. The molecule has 2 N–H and O–H groups in total. The van der Waals surface area contributed by atoms with Crippen molar-refractivity contribution in [2.24, 2.45) is 0 Å². The quantitative estimate of drug-likeness (QED) is 0.617. The van der Waals surface area contributed by atoms with Gasteiger partial charge in [0.05, 0.1) is 12.1 Å². The van der Waals surface area contributed by atoms with Crippen molar-refractivity contribution < 1.29 is 5.11 Å². The third kappa shape index (κ3) is 3.09. The maximum atomic E-state index is 9.97. The number of halogens is 1. The Labute approximate surface area is 101 Å². The molecule has 88 valence electrons. The van der Waals surface area contributed by atoms with Crippen LogP contribution in [0.2, 0.25) is 5.15 Å². The van der Waals surface area contributed by atoms with Crippen LogP contribution in [0.4, 0.5) is 5.69 Å². The van der Waals surface area contributed by atoms with E-state index in [1.54, 1.807) is 12.3 Å². The van der Waals surface area contributed by atoms with Crippen LogP contribution < -0.4 is 5.32 Å². The molecule has 0 aromatic carbocycles. The minimum Gasteiger partial charge on any atom is -0.391 e. The van der Waals surface area contributed by atoms with E-state index in [9.17, 15) is 5.11 Å². The average Bonchev–Trinajstić information content (AvgIpc) is 2.45. The lowest BCUT2D eigenvalue weighted by atomic mass is 10.1. The molecule has 0 amide bonds. The molecule has 1 fully saturated rings. The first-order valence-electron chi connectivity index (χ1n) is 5.82. The molecule has 4 heteroatoms. The lowest BCUT2D eigenvalue weighted by Crippen LogP contribution is -2.32. The summed E-state index contributed by atoms with van der Waals surface area (Å²) in [5.41, 5.74) is 0.936. The third-order valence-corrected chi connectivity index (χ3v) is 3.26. The lowest BCUT2D eigenvalue weighted by molar-refractivity contribution is 0.144. The Morgan fingerprint density at radius 3 is 2.94 bits per heavy atom. The largest absolute Gasteiger partial charge is 0.391 e. The highest BCUT2D eigenvalue weighted by Crippen LogP contribution is 2.22. The first kappa shape index (κ1) is 11.7. The van der Waals surface area contributed by atoms with E-state index in [-0.39, 0.29) is 12.1 Å². The molecule has 3 nitrogen and oxygen atoms in total. The van der Waals surface area contributed by atoms with Crippen LogP contribution in [0, 0.1) is 0 Å². The van der Waals surface area contributed by atoms with Gasteiger partial charge in [-0.2, -0.15) is 0 Å². The van der Waals surface area contributed by atoms with Gasteiger partial charge < -0.3 is 10.4 Å². The van der Waals surface area contributed by atoms with Gasteiger partial charge in [0.1, 0.15) is 5.15 Å². The van der Waals surface area contributed by atoms with E-state index >= 15 is 0 Å². The Morgan fingerprint density at radius 2 is 2.12 bits per heavy atom. The molecular weight excluding hydrogens is 224 g/mol. The van der Waals surface area contributed by atoms with Gasteiger partial charge in [-0.05, 0) is 25.0 Å². The Bertz CT molecular complexity index is 346. The first-order valence-corrected chi connectivity index (χ1v) is 6.19. The fourth-order valence-corrected chi connectivity index (χ4v) is 2.34. The maximum Gasteiger partial charge on any atom is 0.131 e. The molecular formula is C12H17ClN2O. The van der Waals surface area contributed by atoms with Gasteiger partial charge >= 0.3 is 0 Å². The van der Waals surface area contributed by atoms with Crippen molar-refractivity contribution in [3.8, 4) is 0 Å². The molecule has 2 rings (SSSR count). The number of nitrogens with one attached hydrogen (secondary N) is 1. The highest BCUT2D eigenvalue weighted by molar-refractivity contribution is 6.29. The Balaban J connectivity index is 2.02. The summed E-state index contributed by atoms with van der Waals surface area (Å²) in [7, 11) is 0. The topological polar surface area (TPSA) is 45.1 Å².